The van der Waals surface area contributed by atoms with Crippen molar-refractivity contribution in [1.29, 1.82) is 0 Å². The monoisotopic (exact) mass is 206 g/mol. The summed E-state index contributed by atoms with van der Waals surface area (Å²) in [6, 6.07) is 0. The molecule has 2 bridgehead atoms. The van der Waals surface area contributed by atoms with Crippen LogP contribution in [0.2, 0.25) is 0 Å². The van der Waals surface area contributed by atoms with Gasteiger partial charge in [-0.3, -0.25) is 0 Å². The number of hydrogen-bond donors (Lipinski definition) is 0. The highest BCUT2D eigenvalue weighted by atomic mass is 16.6. The third-order valence-electron chi connectivity index (χ3n) is 6.02. The average Bonchev–Trinajstić information content (AvgIpc) is 2.68. The van der Waals surface area contributed by atoms with Crippen molar-refractivity contribution in [1.82, 2.24) is 0 Å². The molecule has 0 radical (unpaired) electrons. The van der Waals surface area contributed by atoms with E-state index < -0.39 is 0 Å². The van der Waals surface area contributed by atoms with Gasteiger partial charge in [0.2, 0.25) is 0 Å². The van der Waals surface area contributed by atoms with Crippen molar-refractivity contribution < 1.29 is 4.74 Å². The fourth-order valence-electron chi connectivity index (χ4n) is 5.61. The molecule has 4 fully saturated rings. The standard InChI is InChI=1S/C14H22O/c1-7-5-11(14-8(2)15-14)13-10-4-3-9(6-10)12(7)13/h7-14H,3-6H2,1-2H3. The van der Waals surface area contributed by atoms with Gasteiger partial charge in [-0.15, -0.1) is 0 Å². The van der Waals surface area contributed by atoms with Crippen LogP contribution in [-0.2, 0) is 4.74 Å². The lowest BCUT2D eigenvalue weighted by Crippen LogP contribution is -2.26. The molecule has 84 valence electrons. The molecule has 3 saturated carbocycles. The maximum Gasteiger partial charge on any atom is 0.0870 e. The van der Waals surface area contributed by atoms with Crippen LogP contribution in [0.25, 0.3) is 0 Å². The summed E-state index contributed by atoms with van der Waals surface area (Å²) in [5, 5.41) is 0. The Balaban J connectivity index is 1.63. The van der Waals surface area contributed by atoms with Gasteiger partial charge in [-0.1, -0.05) is 6.92 Å². The van der Waals surface area contributed by atoms with Crippen LogP contribution in [-0.4, -0.2) is 12.2 Å². The first-order valence-corrected chi connectivity index (χ1v) is 6.91. The minimum atomic E-state index is 0.583. The topological polar surface area (TPSA) is 12.5 Å². The van der Waals surface area contributed by atoms with Crippen LogP contribution in [0.15, 0.2) is 0 Å². The molecule has 4 aliphatic rings. The summed E-state index contributed by atoms with van der Waals surface area (Å²) in [5.74, 6) is 6.28. The molecule has 1 nitrogen and oxygen atoms in total. The van der Waals surface area contributed by atoms with Gasteiger partial charge >= 0.3 is 0 Å². The molecule has 1 aliphatic heterocycles. The van der Waals surface area contributed by atoms with Crippen molar-refractivity contribution in [3.63, 3.8) is 0 Å². The molecular weight excluding hydrogens is 184 g/mol. The quantitative estimate of drug-likeness (QED) is 0.601. The zero-order valence-corrected chi connectivity index (χ0v) is 9.86. The van der Waals surface area contributed by atoms with Gasteiger partial charge in [0.15, 0.2) is 0 Å². The van der Waals surface area contributed by atoms with E-state index in [9.17, 15) is 0 Å². The number of ether oxygens (including phenoxy) is 1. The molecule has 0 aromatic heterocycles. The Morgan fingerprint density at radius 1 is 0.933 bits per heavy atom. The number of hydrogen-bond acceptors (Lipinski definition) is 1. The molecule has 0 spiro atoms. The van der Waals surface area contributed by atoms with Gasteiger partial charge < -0.3 is 4.74 Å². The second-order valence-electron chi connectivity index (χ2n) is 6.67. The van der Waals surface area contributed by atoms with Crippen molar-refractivity contribution in [2.75, 3.05) is 0 Å². The number of rotatable bonds is 1. The van der Waals surface area contributed by atoms with Crippen LogP contribution in [0.4, 0.5) is 0 Å². The highest BCUT2D eigenvalue weighted by molar-refractivity contribution is 5.08. The highest BCUT2D eigenvalue weighted by Crippen LogP contribution is 2.64. The Bertz CT molecular complexity index is 287. The molecule has 3 aliphatic carbocycles. The van der Waals surface area contributed by atoms with Crippen LogP contribution < -0.4 is 0 Å². The molecule has 15 heavy (non-hydrogen) atoms. The smallest absolute Gasteiger partial charge is 0.0870 e. The van der Waals surface area contributed by atoms with Gasteiger partial charge in [-0.05, 0) is 68.1 Å². The van der Waals surface area contributed by atoms with Gasteiger partial charge in [0.05, 0.1) is 12.2 Å². The van der Waals surface area contributed by atoms with Crippen molar-refractivity contribution in [2.24, 2.45) is 35.5 Å². The van der Waals surface area contributed by atoms with Crippen molar-refractivity contribution in [2.45, 2.75) is 51.7 Å². The molecule has 0 amide bonds. The Morgan fingerprint density at radius 2 is 1.60 bits per heavy atom. The Labute approximate surface area is 92.6 Å². The summed E-state index contributed by atoms with van der Waals surface area (Å²) in [6.45, 7) is 4.77. The van der Waals surface area contributed by atoms with Crippen LogP contribution >= 0.6 is 0 Å². The fourth-order valence-corrected chi connectivity index (χ4v) is 5.61. The van der Waals surface area contributed by atoms with Gasteiger partial charge in [-0.2, -0.15) is 0 Å². The molecule has 1 saturated heterocycles. The SMILES string of the molecule is CC1CC(C2OC2C)C2C3CCC(C3)C12. The van der Waals surface area contributed by atoms with E-state index in [1.165, 1.54) is 12.8 Å². The van der Waals surface area contributed by atoms with Gasteiger partial charge in [0.25, 0.3) is 0 Å². The van der Waals surface area contributed by atoms with Crippen molar-refractivity contribution >= 4 is 0 Å². The summed E-state index contributed by atoms with van der Waals surface area (Å²) < 4.78 is 5.76. The first-order valence-electron chi connectivity index (χ1n) is 6.91. The Hall–Kier alpha value is -0.0400. The van der Waals surface area contributed by atoms with Gasteiger partial charge in [-0.25, -0.2) is 0 Å². The average molecular weight is 206 g/mol. The minimum Gasteiger partial charge on any atom is -0.370 e. The molecule has 4 rings (SSSR count). The van der Waals surface area contributed by atoms with E-state index in [1.807, 2.05) is 0 Å². The normalized spacial score (nSPS) is 66.0. The lowest BCUT2D eigenvalue weighted by Gasteiger charge is -2.29. The van der Waals surface area contributed by atoms with Crippen LogP contribution in [0.5, 0.6) is 0 Å². The van der Waals surface area contributed by atoms with E-state index in [1.54, 1.807) is 12.8 Å². The van der Waals surface area contributed by atoms with E-state index in [0.717, 1.165) is 35.5 Å². The molecule has 0 aromatic rings. The summed E-state index contributed by atoms with van der Waals surface area (Å²) in [4.78, 5) is 0. The first-order chi connectivity index (χ1) is 7.25. The first kappa shape index (κ1) is 9.04. The lowest BCUT2D eigenvalue weighted by molar-refractivity contribution is 0.172. The summed E-state index contributed by atoms with van der Waals surface area (Å²) in [6.07, 6.45) is 7.36. The maximum atomic E-state index is 5.76. The molecule has 1 heterocycles. The van der Waals surface area contributed by atoms with Crippen LogP contribution in [0, 0.1) is 35.5 Å². The second kappa shape index (κ2) is 2.80. The zero-order valence-electron chi connectivity index (χ0n) is 9.86. The highest BCUT2D eigenvalue weighted by Gasteiger charge is 2.60. The van der Waals surface area contributed by atoms with Crippen LogP contribution in [0.1, 0.15) is 39.5 Å². The summed E-state index contributed by atoms with van der Waals surface area (Å²) in [7, 11) is 0. The number of epoxide rings is 1. The second-order valence-corrected chi connectivity index (χ2v) is 6.67. The molecule has 8 atom stereocenters. The van der Waals surface area contributed by atoms with Crippen molar-refractivity contribution in [3.05, 3.63) is 0 Å². The van der Waals surface area contributed by atoms with Gasteiger partial charge in [0, 0.05) is 0 Å². The maximum absolute atomic E-state index is 5.76. The van der Waals surface area contributed by atoms with E-state index in [4.69, 9.17) is 4.74 Å². The fraction of sp³-hybridized carbons (Fsp3) is 1.00. The molecule has 1 heteroatoms. The van der Waals surface area contributed by atoms with E-state index in [0.29, 0.717) is 12.2 Å². The largest absolute Gasteiger partial charge is 0.370 e. The third-order valence-corrected chi connectivity index (χ3v) is 6.02. The summed E-state index contributed by atoms with van der Waals surface area (Å²) in [5.41, 5.74) is 0. The predicted molar refractivity (Wildman–Crippen MR) is 59.4 cm³/mol. The van der Waals surface area contributed by atoms with E-state index in [-0.39, 0.29) is 0 Å². The molecular formula is C14H22O. The molecule has 0 aromatic carbocycles. The van der Waals surface area contributed by atoms with Crippen LogP contribution in [0.3, 0.4) is 0 Å². The van der Waals surface area contributed by atoms with E-state index >= 15 is 0 Å². The lowest BCUT2D eigenvalue weighted by atomic mass is 9.75. The minimum absolute atomic E-state index is 0.583. The Morgan fingerprint density at radius 3 is 2.27 bits per heavy atom. The summed E-state index contributed by atoms with van der Waals surface area (Å²) >= 11 is 0. The predicted octanol–water partition coefficient (Wildman–Crippen LogP) is 3.09. The Kier molecular flexibility index (Phi) is 1.68. The third kappa shape index (κ3) is 1.08. The molecule has 8 unspecified atom stereocenters. The van der Waals surface area contributed by atoms with Gasteiger partial charge in [0.1, 0.15) is 0 Å². The molecule has 0 N–H and O–H groups in total. The van der Waals surface area contributed by atoms with Crippen molar-refractivity contribution in [3.8, 4) is 0 Å². The zero-order chi connectivity index (χ0) is 10.2. The number of fused-ring (bicyclic) bond motifs is 5. The van der Waals surface area contributed by atoms with E-state index in [2.05, 4.69) is 13.8 Å².